The average molecular weight is 369 g/mol. The van der Waals surface area contributed by atoms with Crippen LogP contribution >= 0.6 is 0 Å². The summed E-state index contributed by atoms with van der Waals surface area (Å²) in [6, 6.07) is 4.71. The third kappa shape index (κ3) is 3.54. The number of carbonyl (C=O) groups is 2. The predicted octanol–water partition coefficient (Wildman–Crippen LogP) is 1.82. The minimum Gasteiger partial charge on any atom is -0.480 e. The topological polar surface area (TPSA) is 84.7 Å². The molecule has 2 aromatic rings. The Morgan fingerprint density at radius 3 is 2.73 bits per heavy atom. The lowest BCUT2D eigenvalue weighted by Gasteiger charge is -2.32. The van der Waals surface area contributed by atoms with E-state index in [9.17, 15) is 27.9 Å². The van der Waals surface area contributed by atoms with Crippen LogP contribution in [-0.2, 0) is 15.7 Å². The van der Waals surface area contributed by atoms with Gasteiger partial charge in [0.25, 0.3) is 5.91 Å². The van der Waals surface area contributed by atoms with Crippen LogP contribution < -0.4 is 0 Å². The first-order chi connectivity index (χ1) is 12.3. The van der Waals surface area contributed by atoms with Crippen molar-refractivity contribution in [1.29, 1.82) is 0 Å². The molecule has 0 spiro atoms. The molecule has 0 aliphatic carbocycles. The number of alkyl halides is 3. The van der Waals surface area contributed by atoms with Gasteiger partial charge in [-0.25, -0.2) is 9.48 Å². The van der Waals surface area contributed by atoms with Gasteiger partial charge in [-0.15, -0.1) is 0 Å². The highest BCUT2D eigenvalue weighted by atomic mass is 19.4. The summed E-state index contributed by atoms with van der Waals surface area (Å²) >= 11 is 0. The van der Waals surface area contributed by atoms with Gasteiger partial charge in [0.05, 0.1) is 24.5 Å². The average Bonchev–Trinajstić information content (AvgIpc) is 3.10. The maximum atomic E-state index is 12.8. The van der Waals surface area contributed by atoms with E-state index in [0.29, 0.717) is 0 Å². The lowest BCUT2D eigenvalue weighted by molar-refractivity contribution is -0.147. The number of halogens is 3. The van der Waals surface area contributed by atoms with Crippen LogP contribution in [0.15, 0.2) is 36.5 Å². The molecular formula is C16H14F3N3O4. The molecule has 3 rings (SSSR count). The smallest absolute Gasteiger partial charge is 0.416 e. The monoisotopic (exact) mass is 369 g/mol. The molecule has 2 heterocycles. The number of aliphatic carboxylic acids is 1. The molecule has 1 aliphatic heterocycles. The fourth-order valence-electron chi connectivity index (χ4n) is 2.61. The molecule has 138 valence electrons. The van der Waals surface area contributed by atoms with Crippen molar-refractivity contribution in [3.63, 3.8) is 0 Å². The Morgan fingerprint density at radius 1 is 1.27 bits per heavy atom. The molecule has 1 fully saturated rings. The molecule has 0 unspecified atom stereocenters. The van der Waals surface area contributed by atoms with Gasteiger partial charge in [0.1, 0.15) is 0 Å². The summed E-state index contributed by atoms with van der Waals surface area (Å²) in [6.07, 6.45) is -3.15. The minimum atomic E-state index is -4.50. The van der Waals surface area contributed by atoms with Crippen molar-refractivity contribution in [2.75, 3.05) is 19.8 Å². The summed E-state index contributed by atoms with van der Waals surface area (Å²) in [5.41, 5.74) is -0.760. The number of carbonyl (C=O) groups excluding carboxylic acids is 1. The molecule has 0 radical (unpaired) electrons. The zero-order valence-corrected chi connectivity index (χ0v) is 13.3. The van der Waals surface area contributed by atoms with E-state index < -0.39 is 29.7 Å². The maximum absolute atomic E-state index is 12.8. The summed E-state index contributed by atoms with van der Waals surface area (Å²) in [5.74, 6) is -1.82. The number of rotatable bonds is 3. The summed E-state index contributed by atoms with van der Waals surface area (Å²) in [5, 5.41) is 13.2. The van der Waals surface area contributed by atoms with Crippen LogP contribution in [0.25, 0.3) is 5.69 Å². The SMILES string of the molecule is O=C(O)[C@@H]1COCCN1C(=O)c1ccn(-c2cccc(C(F)(F)F)c2)n1. The number of amides is 1. The molecule has 7 nitrogen and oxygen atoms in total. The highest BCUT2D eigenvalue weighted by molar-refractivity contribution is 5.95. The summed E-state index contributed by atoms with van der Waals surface area (Å²) in [7, 11) is 0. The molecular weight excluding hydrogens is 355 g/mol. The summed E-state index contributed by atoms with van der Waals surface area (Å²) in [6.45, 7) is 0.158. The van der Waals surface area contributed by atoms with Crippen molar-refractivity contribution in [3.05, 3.63) is 47.8 Å². The van der Waals surface area contributed by atoms with Crippen molar-refractivity contribution >= 4 is 11.9 Å². The zero-order valence-electron chi connectivity index (χ0n) is 13.3. The Morgan fingerprint density at radius 2 is 2.04 bits per heavy atom. The lowest BCUT2D eigenvalue weighted by Crippen LogP contribution is -2.52. The van der Waals surface area contributed by atoms with Gasteiger partial charge < -0.3 is 14.7 Å². The van der Waals surface area contributed by atoms with Gasteiger partial charge in [0, 0.05) is 12.7 Å². The van der Waals surface area contributed by atoms with Crippen LogP contribution in [0.3, 0.4) is 0 Å². The first-order valence-corrected chi connectivity index (χ1v) is 7.62. The molecule has 0 saturated carbocycles. The number of hydrogen-bond donors (Lipinski definition) is 1. The molecule has 1 aliphatic rings. The second-order valence-corrected chi connectivity index (χ2v) is 5.62. The van der Waals surface area contributed by atoms with Gasteiger partial charge in [0.15, 0.2) is 11.7 Å². The number of carboxylic acid groups (broad SMARTS) is 1. The van der Waals surface area contributed by atoms with Crippen LogP contribution in [0.4, 0.5) is 13.2 Å². The minimum absolute atomic E-state index is 0.0597. The Balaban J connectivity index is 1.86. The van der Waals surface area contributed by atoms with Crippen molar-refractivity contribution in [3.8, 4) is 5.69 Å². The third-order valence-corrected chi connectivity index (χ3v) is 3.92. The number of hydrogen-bond acceptors (Lipinski definition) is 4. The quantitative estimate of drug-likeness (QED) is 0.892. The van der Waals surface area contributed by atoms with E-state index in [1.165, 1.54) is 24.4 Å². The molecule has 0 bridgehead atoms. The van der Waals surface area contributed by atoms with Crippen molar-refractivity contribution in [2.24, 2.45) is 0 Å². The van der Waals surface area contributed by atoms with E-state index in [-0.39, 0.29) is 31.1 Å². The highest BCUT2D eigenvalue weighted by Crippen LogP contribution is 2.30. The van der Waals surface area contributed by atoms with Crippen LogP contribution in [-0.4, -0.2) is 57.5 Å². The fourth-order valence-corrected chi connectivity index (χ4v) is 2.61. The Kier molecular flexibility index (Phi) is 4.68. The standard InChI is InChI=1S/C16H14F3N3O4/c17-16(18,19)10-2-1-3-11(8-10)22-5-4-12(20-22)14(23)21-6-7-26-9-13(21)15(24)25/h1-5,8,13H,6-7,9H2,(H,24,25)/t13-/m0/s1. The van der Waals surface area contributed by atoms with E-state index in [1.807, 2.05) is 0 Å². The van der Waals surface area contributed by atoms with Crippen molar-refractivity contribution in [2.45, 2.75) is 12.2 Å². The molecule has 1 aromatic carbocycles. The molecule has 1 atom stereocenters. The second kappa shape index (κ2) is 6.79. The number of morpholine rings is 1. The van der Waals surface area contributed by atoms with E-state index >= 15 is 0 Å². The summed E-state index contributed by atoms with van der Waals surface area (Å²) in [4.78, 5) is 24.9. The Bertz CT molecular complexity index is 834. The first kappa shape index (κ1) is 17.9. The lowest BCUT2D eigenvalue weighted by atomic mass is 10.2. The van der Waals surface area contributed by atoms with Gasteiger partial charge in [0.2, 0.25) is 0 Å². The van der Waals surface area contributed by atoms with Crippen LogP contribution in [0.2, 0.25) is 0 Å². The van der Waals surface area contributed by atoms with Gasteiger partial charge in [-0.05, 0) is 24.3 Å². The molecule has 1 amide bonds. The van der Waals surface area contributed by atoms with Crippen LogP contribution in [0, 0.1) is 0 Å². The van der Waals surface area contributed by atoms with E-state index in [2.05, 4.69) is 5.10 Å². The largest absolute Gasteiger partial charge is 0.480 e. The predicted molar refractivity (Wildman–Crippen MR) is 81.8 cm³/mol. The molecule has 1 saturated heterocycles. The molecule has 26 heavy (non-hydrogen) atoms. The fraction of sp³-hybridized carbons (Fsp3) is 0.312. The highest BCUT2D eigenvalue weighted by Gasteiger charge is 2.34. The number of carboxylic acids is 1. The number of aromatic nitrogens is 2. The first-order valence-electron chi connectivity index (χ1n) is 7.62. The Labute approximate surface area is 145 Å². The molecule has 10 heteroatoms. The zero-order chi connectivity index (χ0) is 18.9. The van der Waals surface area contributed by atoms with Crippen molar-refractivity contribution in [1.82, 2.24) is 14.7 Å². The van der Waals surface area contributed by atoms with Gasteiger partial charge in [-0.1, -0.05) is 6.07 Å². The van der Waals surface area contributed by atoms with Crippen molar-refractivity contribution < 1.29 is 32.6 Å². The number of nitrogens with zero attached hydrogens (tertiary/aromatic N) is 3. The Hall–Kier alpha value is -2.88. The van der Waals surface area contributed by atoms with Crippen LogP contribution in [0.5, 0.6) is 0 Å². The van der Waals surface area contributed by atoms with Crippen LogP contribution in [0.1, 0.15) is 16.1 Å². The van der Waals surface area contributed by atoms with E-state index in [4.69, 9.17) is 4.74 Å². The van der Waals surface area contributed by atoms with E-state index in [1.54, 1.807) is 0 Å². The maximum Gasteiger partial charge on any atom is 0.416 e. The normalized spacial score (nSPS) is 18.0. The number of benzene rings is 1. The van der Waals surface area contributed by atoms with Gasteiger partial charge >= 0.3 is 12.1 Å². The molecule has 1 aromatic heterocycles. The number of ether oxygens (including phenoxy) is 1. The van der Waals surface area contributed by atoms with E-state index in [0.717, 1.165) is 21.7 Å². The van der Waals surface area contributed by atoms with Gasteiger partial charge in [-0.2, -0.15) is 18.3 Å². The third-order valence-electron chi connectivity index (χ3n) is 3.92. The van der Waals surface area contributed by atoms with Gasteiger partial charge in [-0.3, -0.25) is 4.79 Å². The molecule has 1 N–H and O–H groups in total. The second-order valence-electron chi connectivity index (χ2n) is 5.62. The summed E-state index contributed by atoms with van der Waals surface area (Å²) < 4.78 is 44.7.